The SMILES string of the molecule is COC1=CC(=O)c2c(c(C(=O)c3cccs3)c(C)n2C)C1=O. The standard InChI is InChI=1S/C16H13NO4S/c1-8-12(16(20)11-5-4-6-22-11)13-14(17(8)2)9(18)7-10(21-3)15(13)19/h4-7H,1-3H3. The monoisotopic (exact) mass is 315 g/mol. The predicted molar refractivity (Wildman–Crippen MR) is 81.7 cm³/mol. The molecule has 0 atom stereocenters. The van der Waals surface area contributed by atoms with Crippen LogP contribution in [-0.2, 0) is 11.8 Å². The molecule has 0 amide bonds. The van der Waals surface area contributed by atoms with Gasteiger partial charge < -0.3 is 9.30 Å². The fourth-order valence-electron chi connectivity index (χ4n) is 2.65. The third-order valence-corrected chi connectivity index (χ3v) is 4.69. The van der Waals surface area contributed by atoms with Gasteiger partial charge in [0, 0.05) is 18.8 Å². The first kappa shape index (κ1) is 14.5. The lowest BCUT2D eigenvalue weighted by Gasteiger charge is -2.12. The van der Waals surface area contributed by atoms with Crippen molar-refractivity contribution >= 4 is 28.7 Å². The summed E-state index contributed by atoms with van der Waals surface area (Å²) < 4.78 is 6.57. The molecule has 0 aromatic carbocycles. The number of carbonyl (C=O) groups excluding carboxylic acids is 3. The number of aromatic nitrogens is 1. The van der Waals surface area contributed by atoms with Crippen LogP contribution in [0.4, 0.5) is 0 Å². The molecule has 0 fully saturated rings. The summed E-state index contributed by atoms with van der Waals surface area (Å²) in [7, 11) is 3.01. The van der Waals surface area contributed by atoms with E-state index in [4.69, 9.17) is 4.74 Å². The summed E-state index contributed by atoms with van der Waals surface area (Å²) in [4.78, 5) is 38.1. The summed E-state index contributed by atoms with van der Waals surface area (Å²) >= 11 is 1.30. The minimum absolute atomic E-state index is 0.0386. The summed E-state index contributed by atoms with van der Waals surface area (Å²) in [6.07, 6.45) is 1.17. The molecule has 0 saturated carbocycles. The fraction of sp³-hybridized carbons (Fsp3) is 0.188. The number of ether oxygens (including phenoxy) is 1. The predicted octanol–water partition coefficient (Wildman–Crippen LogP) is 2.54. The molecule has 1 aliphatic rings. The van der Waals surface area contributed by atoms with E-state index in [0.29, 0.717) is 10.6 Å². The molecule has 112 valence electrons. The Morgan fingerprint density at radius 3 is 2.64 bits per heavy atom. The average Bonchev–Trinajstić information content (AvgIpc) is 3.11. The lowest BCUT2D eigenvalue weighted by atomic mass is 9.94. The number of Topliss-reactive ketones (excluding diaryl/α,β-unsaturated/α-hetero) is 1. The summed E-state index contributed by atoms with van der Waals surface area (Å²) in [6, 6.07) is 3.48. The van der Waals surface area contributed by atoms with Crippen LogP contribution in [0.15, 0.2) is 29.3 Å². The van der Waals surface area contributed by atoms with E-state index >= 15 is 0 Å². The fourth-order valence-corrected chi connectivity index (χ4v) is 3.32. The Morgan fingerprint density at radius 2 is 2.05 bits per heavy atom. The molecule has 0 saturated heterocycles. The number of carbonyl (C=O) groups is 3. The molecule has 0 unspecified atom stereocenters. The quantitative estimate of drug-likeness (QED) is 0.816. The highest BCUT2D eigenvalue weighted by atomic mass is 32.1. The highest BCUT2D eigenvalue weighted by molar-refractivity contribution is 7.12. The average molecular weight is 315 g/mol. The van der Waals surface area contributed by atoms with Gasteiger partial charge in [-0.05, 0) is 18.4 Å². The van der Waals surface area contributed by atoms with Crippen LogP contribution in [0.25, 0.3) is 0 Å². The second-order valence-corrected chi connectivity index (χ2v) is 5.90. The third-order valence-electron chi connectivity index (χ3n) is 3.83. The molecular weight excluding hydrogens is 302 g/mol. The van der Waals surface area contributed by atoms with Crippen molar-refractivity contribution in [3.63, 3.8) is 0 Å². The van der Waals surface area contributed by atoms with E-state index in [-0.39, 0.29) is 34.1 Å². The molecule has 0 bridgehead atoms. The van der Waals surface area contributed by atoms with Crippen LogP contribution in [0.1, 0.15) is 41.8 Å². The summed E-state index contributed by atoms with van der Waals surface area (Å²) in [5, 5.41) is 1.80. The van der Waals surface area contributed by atoms with Crippen LogP contribution in [0.3, 0.4) is 0 Å². The second-order valence-electron chi connectivity index (χ2n) is 4.96. The van der Waals surface area contributed by atoms with Crippen LogP contribution < -0.4 is 0 Å². The Kier molecular flexibility index (Phi) is 3.33. The van der Waals surface area contributed by atoms with Crippen LogP contribution in [0.5, 0.6) is 0 Å². The highest BCUT2D eigenvalue weighted by Crippen LogP contribution is 2.31. The van der Waals surface area contributed by atoms with Gasteiger partial charge >= 0.3 is 0 Å². The maximum Gasteiger partial charge on any atom is 0.230 e. The van der Waals surface area contributed by atoms with Gasteiger partial charge in [-0.2, -0.15) is 0 Å². The molecule has 3 rings (SSSR count). The van der Waals surface area contributed by atoms with E-state index in [1.165, 1.54) is 24.5 Å². The molecule has 0 aliphatic heterocycles. The van der Waals surface area contributed by atoms with Crippen molar-refractivity contribution < 1.29 is 19.1 Å². The topological polar surface area (TPSA) is 65.4 Å². The van der Waals surface area contributed by atoms with E-state index in [1.807, 2.05) is 0 Å². The summed E-state index contributed by atoms with van der Waals surface area (Å²) in [5.74, 6) is -1.05. The Labute approximate surface area is 130 Å². The van der Waals surface area contributed by atoms with Gasteiger partial charge in [-0.3, -0.25) is 14.4 Å². The minimum atomic E-state index is -0.430. The summed E-state index contributed by atoms with van der Waals surface area (Å²) in [6.45, 7) is 1.73. The van der Waals surface area contributed by atoms with Crippen LogP contribution in [-0.4, -0.2) is 29.0 Å². The van der Waals surface area contributed by atoms with E-state index in [1.54, 1.807) is 36.1 Å². The van der Waals surface area contributed by atoms with Crippen LogP contribution in [0.2, 0.25) is 0 Å². The number of ketones is 3. The van der Waals surface area contributed by atoms with Gasteiger partial charge in [-0.1, -0.05) is 6.07 Å². The Balaban J connectivity index is 2.28. The maximum absolute atomic E-state index is 12.7. The van der Waals surface area contributed by atoms with Gasteiger partial charge in [-0.25, -0.2) is 0 Å². The molecular formula is C16H13NO4S. The number of methoxy groups -OCH3 is 1. The van der Waals surface area contributed by atoms with Gasteiger partial charge in [0.25, 0.3) is 0 Å². The molecule has 0 radical (unpaired) electrons. The molecule has 6 heteroatoms. The van der Waals surface area contributed by atoms with Crippen molar-refractivity contribution in [2.45, 2.75) is 6.92 Å². The summed E-state index contributed by atoms with van der Waals surface area (Å²) in [5.41, 5.74) is 1.25. The van der Waals surface area contributed by atoms with E-state index in [2.05, 4.69) is 0 Å². The van der Waals surface area contributed by atoms with Crippen molar-refractivity contribution in [2.24, 2.45) is 7.05 Å². The van der Waals surface area contributed by atoms with Crippen LogP contribution in [0, 0.1) is 6.92 Å². The van der Waals surface area contributed by atoms with Crippen molar-refractivity contribution in [2.75, 3.05) is 7.11 Å². The number of rotatable bonds is 3. The Morgan fingerprint density at radius 1 is 1.32 bits per heavy atom. The van der Waals surface area contributed by atoms with E-state index < -0.39 is 5.78 Å². The van der Waals surface area contributed by atoms with Gasteiger partial charge in [0.2, 0.25) is 17.3 Å². The van der Waals surface area contributed by atoms with Gasteiger partial charge in [0.1, 0.15) is 5.69 Å². The number of fused-ring (bicyclic) bond motifs is 1. The van der Waals surface area contributed by atoms with E-state index in [9.17, 15) is 14.4 Å². The zero-order chi connectivity index (χ0) is 16.0. The molecule has 2 aromatic heterocycles. The van der Waals surface area contributed by atoms with Crippen molar-refractivity contribution in [3.8, 4) is 0 Å². The highest BCUT2D eigenvalue weighted by Gasteiger charge is 2.36. The van der Waals surface area contributed by atoms with Gasteiger partial charge in [0.15, 0.2) is 5.76 Å². The second kappa shape index (κ2) is 5.06. The lowest BCUT2D eigenvalue weighted by molar-refractivity contribution is 0.0909. The van der Waals surface area contributed by atoms with E-state index in [0.717, 1.165) is 0 Å². The van der Waals surface area contributed by atoms with Crippen molar-refractivity contribution in [1.29, 1.82) is 0 Å². The zero-order valence-corrected chi connectivity index (χ0v) is 13.1. The maximum atomic E-state index is 12.7. The number of allylic oxidation sites excluding steroid dienone is 2. The van der Waals surface area contributed by atoms with Crippen molar-refractivity contribution in [1.82, 2.24) is 4.57 Å². The van der Waals surface area contributed by atoms with Crippen molar-refractivity contribution in [3.05, 3.63) is 56.7 Å². The smallest absolute Gasteiger partial charge is 0.230 e. The third kappa shape index (κ3) is 1.88. The zero-order valence-electron chi connectivity index (χ0n) is 12.3. The number of hydrogen-bond donors (Lipinski definition) is 0. The molecule has 1 aliphatic carbocycles. The number of thiophene rings is 1. The molecule has 5 nitrogen and oxygen atoms in total. The first-order valence-electron chi connectivity index (χ1n) is 6.59. The Bertz CT molecular complexity index is 840. The lowest BCUT2D eigenvalue weighted by Crippen LogP contribution is -2.20. The molecule has 22 heavy (non-hydrogen) atoms. The molecule has 2 aromatic rings. The normalized spacial score (nSPS) is 13.9. The van der Waals surface area contributed by atoms with Gasteiger partial charge in [0.05, 0.1) is 23.1 Å². The Hall–Kier alpha value is -2.47. The largest absolute Gasteiger partial charge is 0.492 e. The first-order chi connectivity index (χ1) is 10.5. The van der Waals surface area contributed by atoms with Crippen LogP contribution >= 0.6 is 11.3 Å². The molecule has 0 spiro atoms. The first-order valence-corrected chi connectivity index (χ1v) is 7.47. The van der Waals surface area contributed by atoms with Gasteiger partial charge in [-0.15, -0.1) is 11.3 Å². The molecule has 0 N–H and O–H groups in total. The number of hydrogen-bond acceptors (Lipinski definition) is 5. The minimum Gasteiger partial charge on any atom is -0.492 e. The number of nitrogens with zero attached hydrogens (tertiary/aromatic N) is 1. The molecule has 2 heterocycles.